The minimum atomic E-state index is -0.844. The van der Waals surface area contributed by atoms with Crippen molar-refractivity contribution in [2.24, 2.45) is 5.41 Å². The van der Waals surface area contributed by atoms with E-state index >= 15 is 0 Å². The van der Waals surface area contributed by atoms with Gasteiger partial charge in [0.25, 0.3) is 5.91 Å². The molecule has 73 heavy (non-hydrogen) atoms. The number of thiazole rings is 1. The predicted octanol–water partition coefficient (Wildman–Crippen LogP) is 9.66. The van der Waals surface area contributed by atoms with Crippen LogP contribution in [0.5, 0.6) is 11.5 Å². The predicted molar refractivity (Wildman–Crippen MR) is 288 cm³/mol. The molecule has 1 aliphatic heterocycles. The first kappa shape index (κ1) is 55.9. The van der Waals surface area contributed by atoms with Gasteiger partial charge < -0.3 is 41.5 Å². The molecule has 0 saturated carbocycles. The van der Waals surface area contributed by atoms with E-state index in [-0.39, 0.29) is 54.2 Å². The molecular weight excluding hydrogens is 941 g/mol. The molecule has 392 valence electrons. The van der Waals surface area contributed by atoms with Gasteiger partial charge in [-0.15, -0.1) is 21.5 Å². The Morgan fingerprint density at radius 2 is 1.49 bits per heavy atom. The van der Waals surface area contributed by atoms with Gasteiger partial charge in [-0.2, -0.15) is 0 Å². The Balaban J connectivity index is 0.776. The molecule has 7 N–H and O–H groups in total. The highest BCUT2D eigenvalue weighted by molar-refractivity contribution is 7.13. The zero-order chi connectivity index (χ0) is 52.3. The molecule has 2 aromatic heterocycles. The lowest BCUT2D eigenvalue weighted by Gasteiger charge is -2.35. The molecule has 6 rings (SSSR count). The van der Waals surface area contributed by atoms with Crippen molar-refractivity contribution in [3.05, 3.63) is 107 Å². The third kappa shape index (κ3) is 16.8. The quantitative estimate of drug-likeness (QED) is 0.0272. The molecule has 1 saturated heterocycles. The molecule has 16 heteroatoms. The number of benzene rings is 3. The summed E-state index contributed by atoms with van der Waals surface area (Å²) in [4.78, 5) is 60.5. The average Bonchev–Trinajstić information content (AvgIpc) is 3.99. The second-order valence-electron chi connectivity index (χ2n) is 20.4. The van der Waals surface area contributed by atoms with Crippen LogP contribution in [0.15, 0.2) is 84.4 Å². The molecule has 0 bridgehead atoms. The Bertz CT molecular complexity index is 2560. The number of carbonyl (C=O) groups excluding carboxylic acids is 4. The fourth-order valence-electron chi connectivity index (χ4n) is 9.15. The summed E-state index contributed by atoms with van der Waals surface area (Å²) in [5.41, 5.74) is 12.8. The summed E-state index contributed by atoms with van der Waals surface area (Å²) >= 11 is 1.59. The zero-order valence-corrected chi connectivity index (χ0v) is 44.1. The van der Waals surface area contributed by atoms with E-state index in [2.05, 4.69) is 31.1 Å². The van der Waals surface area contributed by atoms with Gasteiger partial charge in [-0.3, -0.25) is 19.2 Å². The molecule has 1 fully saturated rings. The number of aliphatic hydroxyl groups excluding tert-OH is 1. The van der Waals surface area contributed by atoms with E-state index in [0.29, 0.717) is 48.6 Å². The number of nitrogens with one attached hydrogen (secondary N) is 3. The number of anilines is 1. The molecule has 0 spiro atoms. The molecule has 3 aromatic carbocycles. The summed E-state index contributed by atoms with van der Waals surface area (Å²) in [7, 11) is 0. The van der Waals surface area contributed by atoms with Crippen LogP contribution in [-0.2, 0) is 20.8 Å². The number of phenolic OH excluding ortho intramolecular Hbond substituents is 1. The number of aliphatic hydroxyl groups is 1. The maximum atomic E-state index is 14.1. The first-order valence-electron chi connectivity index (χ1n) is 26.1. The lowest BCUT2D eigenvalue weighted by Crippen LogP contribution is -2.57. The van der Waals surface area contributed by atoms with E-state index in [9.17, 15) is 29.4 Å². The Labute approximate surface area is 435 Å². The third-order valence-electron chi connectivity index (χ3n) is 13.5. The topological polar surface area (TPSA) is 222 Å². The van der Waals surface area contributed by atoms with Crippen LogP contribution >= 0.6 is 11.3 Å². The van der Waals surface area contributed by atoms with E-state index in [1.54, 1.807) is 41.7 Å². The number of β-amino-alcohol motifs (C(OH)–C–C–N with tert-alkyl or cyclic N) is 1. The lowest BCUT2D eigenvalue weighted by atomic mass is 9.85. The molecule has 0 radical (unpaired) electrons. The Morgan fingerprint density at radius 3 is 2.12 bits per heavy atom. The monoisotopic (exact) mass is 1020 g/mol. The van der Waals surface area contributed by atoms with Crippen LogP contribution in [-0.4, -0.2) is 91.8 Å². The number of aryl methyl sites for hydroxylation is 1. The van der Waals surface area contributed by atoms with Crippen molar-refractivity contribution in [1.29, 1.82) is 0 Å². The number of rotatable bonds is 27. The number of likely N-dealkylation sites (tertiary alicyclic amines) is 1. The highest BCUT2D eigenvalue weighted by Gasteiger charge is 2.44. The molecule has 5 aromatic rings. The molecule has 1 aliphatic rings. The summed E-state index contributed by atoms with van der Waals surface area (Å²) < 4.78 is 5.90. The van der Waals surface area contributed by atoms with Gasteiger partial charge in [0.1, 0.15) is 23.5 Å². The average molecular weight is 1020 g/mol. The number of aromatic hydroxyl groups is 1. The minimum Gasteiger partial charge on any atom is -0.507 e. The number of nitrogens with two attached hydrogens (primary N) is 1. The SMILES string of the molecule is Cc1ncsc1-c1ccc([C@H](C)NC(=O)[C@@H]2C[C@@H](O)CN2C(=O)[C@@H](NC(=O)CCCCCCCCCCCCCCNC(=O)c2ccc(CCOc3cc(-c4ccccc4O)nnc3N)cc2)C(C)(C)C)cc1. The third-order valence-corrected chi connectivity index (χ3v) is 14.5. The molecule has 15 nitrogen and oxygen atoms in total. The number of phenols is 1. The Kier molecular flexibility index (Phi) is 21.1. The first-order chi connectivity index (χ1) is 35.1. The number of hydrogen-bond donors (Lipinski definition) is 6. The van der Waals surface area contributed by atoms with Gasteiger partial charge in [-0.1, -0.05) is 134 Å². The summed E-state index contributed by atoms with van der Waals surface area (Å²) in [6, 6.07) is 22.0. The summed E-state index contributed by atoms with van der Waals surface area (Å²) in [6.07, 6.45) is 13.2. The van der Waals surface area contributed by atoms with Crippen LogP contribution in [0.3, 0.4) is 0 Å². The maximum absolute atomic E-state index is 14.1. The summed E-state index contributed by atoms with van der Waals surface area (Å²) in [6.45, 7) is 10.6. The van der Waals surface area contributed by atoms with Crippen molar-refractivity contribution in [3.63, 3.8) is 0 Å². The van der Waals surface area contributed by atoms with E-state index in [1.165, 1.54) is 37.0 Å². The minimum absolute atomic E-state index is 0.0349. The number of para-hydroxylation sites is 1. The number of nitrogens with zero attached hydrogens (tertiary/aromatic N) is 4. The van der Waals surface area contributed by atoms with Crippen LogP contribution in [0.4, 0.5) is 5.82 Å². The largest absolute Gasteiger partial charge is 0.507 e. The second-order valence-corrected chi connectivity index (χ2v) is 21.3. The van der Waals surface area contributed by atoms with Gasteiger partial charge in [-0.05, 0) is 73.1 Å². The fraction of sp³-hybridized carbons (Fsp3) is 0.491. The standard InChI is InChI=1S/C57H76N8O7S/c1-38(41-27-29-42(30-28-41)51-39(2)60-37-73-51)61-55(70)47-34-44(66)36-65(47)56(71)52(57(3,4)5)62-50(68)22-16-14-12-10-8-6-7-9-11-13-15-19-32-59-54(69)43-25-23-40(24-26-43)31-33-72-49-35-46(63-64-53(49)58)45-20-17-18-21-48(45)67/h17-18,20-21,23-30,35,37-38,44,47,52,66-67H,6-16,19,22,31-34,36H2,1-5H3,(H2,58,64)(H,59,69)(H,61,70)(H,62,68)/t38-,44+,47-,52+/m0/s1. The van der Waals surface area contributed by atoms with Crippen molar-refractivity contribution in [1.82, 2.24) is 36.0 Å². The number of ether oxygens (including phenoxy) is 1. The number of amides is 4. The normalized spacial score (nSPS) is 15.4. The molecule has 0 unspecified atom stereocenters. The Morgan fingerprint density at radius 1 is 0.849 bits per heavy atom. The second kappa shape index (κ2) is 27.6. The van der Waals surface area contributed by atoms with Crippen molar-refractivity contribution in [3.8, 4) is 33.2 Å². The van der Waals surface area contributed by atoms with Crippen LogP contribution in [0.25, 0.3) is 21.7 Å². The molecule has 4 amide bonds. The molecule has 0 aliphatic carbocycles. The fourth-order valence-corrected chi connectivity index (χ4v) is 9.97. The van der Waals surface area contributed by atoms with Crippen molar-refractivity contribution in [2.75, 3.05) is 25.4 Å². The van der Waals surface area contributed by atoms with Gasteiger partial charge in [0.15, 0.2) is 11.6 Å². The number of hydrogen-bond acceptors (Lipinski definition) is 12. The Hall–Kier alpha value is -6.39. The van der Waals surface area contributed by atoms with Crippen LogP contribution in [0.2, 0.25) is 0 Å². The molecule has 3 heterocycles. The van der Waals surface area contributed by atoms with E-state index in [4.69, 9.17) is 10.5 Å². The van der Waals surface area contributed by atoms with Crippen molar-refractivity contribution < 1.29 is 34.1 Å². The van der Waals surface area contributed by atoms with E-state index in [1.807, 2.05) is 88.7 Å². The van der Waals surface area contributed by atoms with Crippen LogP contribution < -0.4 is 26.4 Å². The van der Waals surface area contributed by atoms with Gasteiger partial charge in [-0.25, -0.2) is 4.98 Å². The van der Waals surface area contributed by atoms with E-state index < -0.39 is 23.6 Å². The molecular formula is C57H76N8O7S. The smallest absolute Gasteiger partial charge is 0.251 e. The number of carbonyl (C=O) groups is 4. The highest BCUT2D eigenvalue weighted by atomic mass is 32.1. The van der Waals surface area contributed by atoms with Crippen molar-refractivity contribution in [2.45, 2.75) is 155 Å². The maximum Gasteiger partial charge on any atom is 0.251 e. The summed E-state index contributed by atoms with van der Waals surface area (Å²) in [5.74, 6) is -0.284. The first-order valence-corrected chi connectivity index (χ1v) is 27.0. The van der Waals surface area contributed by atoms with Crippen LogP contribution in [0.1, 0.15) is 151 Å². The zero-order valence-electron chi connectivity index (χ0n) is 43.3. The number of nitrogen functional groups attached to an aromatic ring is 1. The summed E-state index contributed by atoms with van der Waals surface area (Å²) in [5, 5.41) is 38.0. The number of aromatic nitrogens is 3. The van der Waals surface area contributed by atoms with Gasteiger partial charge in [0.05, 0.1) is 34.8 Å². The van der Waals surface area contributed by atoms with Gasteiger partial charge >= 0.3 is 0 Å². The van der Waals surface area contributed by atoms with E-state index in [0.717, 1.165) is 72.2 Å². The molecule has 4 atom stereocenters. The van der Waals surface area contributed by atoms with Crippen LogP contribution in [0, 0.1) is 12.3 Å². The highest BCUT2D eigenvalue weighted by Crippen LogP contribution is 2.32. The van der Waals surface area contributed by atoms with Crippen molar-refractivity contribution >= 4 is 40.8 Å². The number of unbranched alkanes of at least 4 members (excludes halogenated alkanes) is 11. The van der Waals surface area contributed by atoms with Gasteiger partial charge in [0.2, 0.25) is 17.7 Å². The lowest BCUT2D eigenvalue weighted by molar-refractivity contribution is -0.144. The van der Waals surface area contributed by atoms with Gasteiger partial charge in [0, 0.05) is 49.5 Å².